The van der Waals surface area contributed by atoms with Crippen LogP contribution in [0, 0.1) is 5.92 Å². The fourth-order valence-corrected chi connectivity index (χ4v) is 4.92. The molecule has 1 aromatic carbocycles. The van der Waals surface area contributed by atoms with E-state index in [9.17, 15) is 14.4 Å². The number of likely N-dealkylation sites (tertiary alicyclic amines) is 1. The monoisotopic (exact) mass is 488 g/mol. The molecule has 35 heavy (non-hydrogen) atoms. The van der Waals surface area contributed by atoms with Crippen LogP contribution in [0.2, 0.25) is 0 Å². The average Bonchev–Trinajstić information content (AvgIpc) is 3.26. The van der Waals surface area contributed by atoms with E-state index < -0.39 is 30.1 Å². The first-order valence-electron chi connectivity index (χ1n) is 12.7. The topological polar surface area (TPSA) is 123 Å². The van der Waals surface area contributed by atoms with Gasteiger partial charge < -0.3 is 30.7 Å². The second-order valence-electron chi connectivity index (χ2n) is 9.92. The average molecular weight is 489 g/mol. The summed E-state index contributed by atoms with van der Waals surface area (Å²) < 4.78 is 11.9. The smallest absolute Gasteiger partial charge is 0.246 e. The fraction of sp³-hybridized carbons (Fsp3) is 0.654. The number of carbonyl (C=O) groups is 3. The van der Waals surface area contributed by atoms with Crippen molar-refractivity contribution in [2.75, 3.05) is 13.6 Å². The summed E-state index contributed by atoms with van der Waals surface area (Å²) in [7, 11) is 1.70. The molecule has 2 aliphatic rings. The number of nitrogens with one attached hydrogen (secondary N) is 2. The largest absolute Gasteiger partial charge is 0.491 e. The van der Waals surface area contributed by atoms with Gasteiger partial charge in [-0.25, -0.2) is 0 Å². The predicted molar refractivity (Wildman–Crippen MR) is 133 cm³/mol. The lowest BCUT2D eigenvalue weighted by Gasteiger charge is -2.34. The molecule has 1 aliphatic carbocycles. The SMILES string of the molecule is CN[C@@H](C)C(=O)N[C@H](C(=O)N1C[C@@H](Oc2cccc(OC(C)C)c2)C[C@H]1C(N)=O)C1CCCCC1. The molecule has 4 N–H and O–H groups in total. The number of nitrogens with zero attached hydrogens (tertiary/aromatic N) is 1. The van der Waals surface area contributed by atoms with Crippen LogP contribution in [-0.4, -0.2) is 66.5 Å². The Bertz CT molecular complexity index is 886. The number of ether oxygens (including phenoxy) is 2. The summed E-state index contributed by atoms with van der Waals surface area (Å²) in [6.07, 6.45) is 4.82. The highest BCUT2D eigenvalue weighted by Gasteiger charge is 2.44. The van der Waals surface area contributed by atoms with E-state index >= 15 is 0 Å². The second kappa shape index (κ2) is 12.2. The molecule has 9 nitrogen and oxygen atoms in total. The first-order chi connectivity index (χ1) is 16.7. The van der Waals surface area contributed by atoms with E-state index in [1.54, 1.807) is 20.0 Å². The normalized spacial score (nSPS) is 22.5. The molecule has 1 heterocycles. The van der Waals surface area contributed by atoms with Crippen LogP contribution in [0.4, 0.5) is 0 Å². The van der Waals surface area contributed by atoms with Gasteiger partial charge in [0.05, 0.1) is 18.7 Å². The fourth-order valence-electron chi connectivity index (χ4n) is 4.92. The van der Waals surface area contributed by atoms with E-state index in [0.717, 1.165) is 32.1 Å². The van der Waals surface area contributed by atoms with E-state index in [1.165, 1.54) is 4.90 Å². The van der Waals surface area contributed by atoms with Crippen molar-refractivity contribution in [3.8, 4) is 11.5 Å². The van der Waals surface area contributed by atoms with Crippen LogP contribution < -0.4 is 25.8 Å². The standard InChI is InChI=1S/C26H40N4O5/c1-16(2)34-19-11-8-12-20(13-19)35-21-14-22(24(27)31)30(15-21)26(33)23(18-9-6-5-7-10-18)29-25(32)17(3)28-4/h8,11-13,16-18,21-23,28H,5-7,9-10,14-15H2,1-4H3,(H2,27,31)(H,29,32)/t17-,21-,22-,23-/m0/s1. The molecule has 1 aromatic rings. The van der Waals surface area contributed by atoms with Crippen molar-refractivity contribution in [1.29, 1.82) is 0 Å². The zero-order valence-electron chi connectivity index (χ0n) is 21.3. The number of benzene rings is 1. The van der Waals surface area contributed by atoms with Gasteiger partial charge in [-0.1, -0.05) is 25.3 Å². The molecule has 3 amide bonds. The van der Waals surface area contributed by atoms with E-state index in [0.29, 0.717) is 17.9 Å². The Morgan fingerprint density at radius 3 is 2.40 bits per heavy atom. The minimum absolute atomic E-state index is 0.0293. The third kappa shape index (κ3) is 7.10. The molecule has 0 bridgehead atoms. The number of amides is 3. The van der Waals surface area contributed by atoms with Crippen molar-refractivity contribution in [3.63, 3.8) is 0 Å². The Morgan fingerprint density at radius 2 is 1.77 bits per heavy atom. The molecular formula is C26H40N4O5. The van der Waals surface area contributed by atoms with Gasteiger partial charge >= 0.3 is 0 Å². The van der Waals surface area contributed by atoms with Crippen molar-refractivity contribution in [3.05, 3.63) is 24.3 Å². The third-order valence-corrected chi connectivity index (χ3v) is 6.87. The molecule has 0 aromatic heterocycles. The molecule has 9 heteroatoms. The number of hydrogen-bond acceptors (Lipinski definition) is 6. The number of carbonyl (C=O) groups excluding carboxylic acids is 3. The summed E-state index contributed by atoms with van der Waals surface area (Å²) in [5, 5.41) is 5.88. The van der Waals surface area contributed by atoms with Gasteiger partial charge in [-0.2, -0.15) is 0 Å². The Balaban J connectivity index is 1.77. The minimum Gasteiger partial charge on any atom is -0.491 e. The molecule has 0 unspecified atom stereocenters. The number of nitrogens with two attached hydrogens (primary N) is 1. The van der Waals surface area contributed by atoms with Gasteiger partial charge in [-0.15, -0.1) is 0 Å². The highest BCUT2D eigenvalue weighted by atomic mass is 16.5. The Labute approximate surface area is 208 Å². The van der Waals surface area contributed by atoms with E-state index in [-0.39, 0.29) is 30.4 Å². The maximum atomic E-state index is 13.8. The maximum Gasteiger partial charge on any atom is 0.246 e. The van der Waals surface area contributed by atoms with Crippen molar-refractivity contribution in [2.24, 2.45) is 11.7 Å². The highest BCUT2D eigenvalue weighted by Crippen LogP contribution is 2.31. The van der Waals surface area contributed by atoms with Gasteiger partial charge in [0.15, 0.2) is 0 Å². The van der Waals surface area contributed by atoms with Gasteiger partial charge in [0.1, 0.15) is 29.7 Å². The van der Waals surface area contributed by atoms with Crippen LogP contribution >= 0.6 is 0 Å². The first-order valence-corrected chi connectivity index (χ1v) is 12.7. The van der Waals surface area contributed by atoms with Gasteiger partial charge in [0.2, 0.25) is 17.7 Å². The summed E-state index contributed by atoms with van der Waals surface area (Å²) in [6.45, 7) is 5.87. The van der Waals surface area contributed by atoms with Gasteiger partial charge in [0, 0.05) is 12.5 Å². The molecule has 4 atom stereocenters. The van der Waals surface area contributed by atoms with Gasteiger partial charge in [0.25, 0.3) is 0 Å². The van der Waals surface area contributed by atoms with Crippen LogP contribution in [0.25, 0.3) is 0 Å². The minimum atomic E-state index is -0.785. The Hall–Kier alpha value is -2.81. The molecule has 0 radical (unpaired) electrons. The van der Waals surface area contributed by atoms with Crippen LogP contribution in [0.1, 0.15) is 59.3 Å². The van der Waals surface area contributed by atoms with Gasteiger partial charge in [-0.3, -0.25) is 14.4 Å². The van der Waals surface area contributed by atoms with Crippen molar-refractivity contribution >= 4 is 17.7 Å². The Morgan fingerprint density at radius 1 is 1.09 bits per heavy atom. The summed E-state index contributed by atoms with van der Waals surface area (Å²) >= 11 is 0. The predicted octanol–water partition coefficient (Wildman–Crippen LogP) is 1.98. The van der Waals surface area contributed by atoms with E-state index in [4.69, 9.17) is 15.2 Å². The highest BCUT2D eigenvalue weighted by molar-refractivity contribution is 5.93. The van der Waals surface area contributed by atoms with Crippen molar-refractivity contribution < 1.29 is 23.9 Å². The van der Waals surface area contributed by atoms with Crippen LogP contribution in [-0.2, 0) is 14.4 Å². The van der Waals surface area contributed by atoms with Crippen molar-refractivity contribution in [2.45, 2.75) is 89.6 Å². The summed E-state index contributed by atoms with van der Waals surface area (Å²) in [4.78, 5) is 40.3. The number of likely N-dealkylation sites (N-methyl/N-ethyl adjacent to an activating group) is 1. The maximum absolute atomic E-state index is 13.8. The summed E-state index contributed by atoms with van der Waals surface area (Å²) in [6, 6.07) is 5.40. The lowest BCUT2D eigenvalue weighted by atomic mass is 9.83. The quantitative estimate of drug-likeness (QED) is 0.463. The summed E-state index contributed by atoms with van der Waals surface area (Å²) in [5.41, 5.74) is 5.70. The third-order valence-electron chi connectivity index (χ3n) is 6.87. The zero-order valence-corrected chi connectivity index (χ0v) is 21.3. The molecular weight excluding hydrogens is 448 g/mol. The van der Waals surface area contributed by atoms with Crippen LogP contribution in [0.3, 0.4) is 0 Å². The first kappa shape index (κ1) is 26.8. The molecule has 1 saturated carbocycles. The lowest BCUT2D eigenvalue weighted by Crippen LogP contribution is -2.57. The molecule has 194 valence electrons. The number of primary amides is 1. The number of rotatable bonds is 10. The van der Waals surface area contributed by atoms with Crippen LogP contribution in [0.15, 0.2) is 24.3 Å². The Kier molecular flexibility index (Phi) is 9.37. The molecule has 0 spiro atoms. The van der Waals surface area contributed by atoms with Crippen LogP contribution in [0.5, 0.6) is 11.5 Å². The second-order valence-corrected chi connectivity index (χ2v) is 9.92. The van der Waals surface area contributed by atoms with E-state index in [1.807, 2.05) is 32.0 Å². The molecule has 2 fully saturated rings. The lowest BCUT2D eigenvalue weighted by molar-refractivity contribution is -0.142. The van der Waals surface area contributed by atoms with Crippen molar-refractivity contribution in [1.82, 2.24) is 15.5 Å². The van der Waals surface area contributed by atoms with E-state index in [2.05, 4.69) is 10.6 Å². The molecule has 1 aliphatic heterocycles. The number of hydrogen-bond donors (Lipinski definition) is 3. The van der Waals surface area contributed by atoms with Gasteiger partial charge in [-0.05, 0) is 58.7 Å². The molecule has 1 saturated heterocycles. The zero-order chi connectivity index (χ0) is 25.5. The molecule has 3 rings (SSSR count). The summed E-state index contributed by atoms with van der Waals surface area (Å²) in [5.74, 6) is 0.252.